The van der Waals surface area contributed by atoms with Crippen LogP contribution in [0.2, 0.25) is 10.0 Å². The highest BCUT2D eigenvalue weighted by Gasteiger charge is 2.25. The molecule has 8 heteroatoms. The van der Waals surface area contributed by atoms with E-state index in [-0.39, 0.29) is 28.0 Å². The van der Waals surface area contributed by atoms with Crippen molar-refractivity contribution in [2.75, 3.05) is 26.8 Å². The molecule has 1 aromatic carbocycles. The van der Waals surface area contributed by atoms with Crippen molar-refractivity contribution in [1.29, 1.82) is 0 Å². The van der Waals surface area contributed by atoms with Gasteiger partial charge in [0, 0.05) is 31.8 Å². The summed E-state index contributed by atoms with van der Waals surface area (Å²) in [6.45, 7) is 3.04. The second-order valence-electron chi connectivity index (χ2n) is 4.10. The molecule has 0 amide bonds. The van der Waals surface area contributed by atoms with E-state index in [9.17, 15) is 8.42 Å². The van der Waals surface area contributed by atoms with Gasteiger partial charge in [-0.15, -0.1) is 0 Å². The number of sulfonamides is 1. The van der Waals surface area contributed by atoms with E-state index in [1.165, 1.54) is 17.4 Å². The smallest absolute Gasteiger partial charge is 0.244 e. The van der Waals surface area contributed by atoms with Crippen LogP contribution in [0, 0.1) is 0 Å². The number of nitrogens with two attached hydrogens (primary N) is 1. The molecule has 0 saturated carbocycles. The molecule has 0 atom stereocenters. The lowest BCUT2D eigenvalue weighted by Crippen LogP contribution is -2.30. The number of hydrogen-bond donors (Lipinski definition) is 1. The largest absolute Gasteiger partial charge is 0.380 e. The summed E-state index contributed by atoms with van der Waals surface area (Å²) in [5.74, 6) is 0. The van der Waals surface area contributed by atoms with Crippen LogP contribution >= 0.6 is 23.2 Å². The molecular weight excluding hydrogens is 323 g/mol. The Morgan fingerprint density at radius 3 is 2.55 bits per heavy atom. The summed E-state index contributed by atoms with van der Waals surface area (Å²) in [7, 11) is -2.26. The van der Waals surface area contributed by atoms with Gasteiger partial charge in [-0.3, -0.25) is 0 Å². The number of likely N-dealkylation sites (N-methyl/N-ethyl adjacent to an activating group) is 1. The first kappa shape index (κ1) is 17.7. The fourth-order valence-electron chi connectivity index (χ4n) is 1.58. The minimum atomic E-state index is -3.72. The summed E-state index contributed by atoms with van der Waals surface area (Å²) in [4.78, 5) is -0.0360. The Bertz CT molecular complexity index is 564. The van der Waals surface area contributed by atoms with Gasteiger partial charge < -0.3 is 10.5 Å². The number of nitrogens with zero attached hydrogens (tertiary/aromatic N) is 1. The van der Waals surface area contributed by atoms with Gasteiger partial charge in [0.25, 0.3) is 0 Å². The van der Waals surface area contributed by atoms with Crippen LogP contribution in [0.4, 0.5) is 0 Å². The summed E-state index contributed by atoms with van der Waals surface area (Å²) in [6.07, 6.45) is 0. The van der Waals surface area contributed by atoms with Crippen molar-refractivity contribution in [3.8, 4) is 0 Å². The van der Waals surface area contributed by atoms with E-state index in [0.717, 1.165) is 0 Å². The van der Waals surface area contributed by atoms with E-state index in [2.05, 4.69) is 0 Å². The van der Waals surface area contributed by atoms with Crippen LogP contribution in [0.15, 0.2) is 17.0 Å². The zero-order valence-corrected chi connectivity index (χ0v) is 13.7. The number of halogens is 2. The van der Waals surface area contributed by atoms with Gasteiger partial charge >= 0.3 is 0 Å². The standard InChI is InChI=1S/C12H18Cl2N2O3S/c1-3-19-5-4-16(2)20(17,18)11-7-10(13)6-9(8-15)12(11)14/h6-7H,3-5,8,15H2,1-2H3. The quantitative estimate of drug-likeness (QED) is 0.771. The molecule has 0 saturated heterocycles. The maximum absolute atomic E-state index is 12.5. The zero-order valence-electron chi connectivity index (χ0n) is 11.4. The molecular formula is C12H18Cl2N2O3S. The van der Waals surface area contributed by atoms with Gasteiger partial charge in [-0.25, -0.2) is 8.42 Å². The summed E-state index contributed by atoms with van der Waals surface area (Å²) in [5.41, 5.74) is 6.03. The molecule has 0 unspecified atom stereocenters. The van der Waals surface area contributed by atoms with Gasteiger partial charge in [-0.05, 0) is 24.6 Å². The SMILES string of the molecule is CCOCCN(C)S(=O)(=O)c1cc(Cl)cc(CN)c1Cl. The third-order valence-electron chi connectivity index (χ3n) is 2.74. The van der Waals surface area contributed by atoms with Crippen molar-refractivity contribution in [2.45, 2.75) is 18.4 Å². The van der Waals surface area contributed by atoms with E-state index < -0.39 is 10.0 Å². The molecule has 0 aliphatic rings. The highest BCUT2D eigenvalue weighted by molar-refractivity contribution is 7.89. The second kappa shape index (κ2) is 7.59. The second-order valence-corrected chi connectivity index (χ2v) is 6.93. The Balaban J connectivity index is 3.12. The topological polar surface area (TPSA) is 72.6 Å². The number of rotatable bonds is 7. The van der Waals surface area contributed by atoms with Crippen LogP contribution in [0.3, 0.4) is 0 Å². The molecule has 2 N–H and O–H groups in total. The first-order valence-corrected chi connectivity index (χ1v) is 8.26. The molecule has 0 bridgehead atoms. The normalized spacial score (nSPS) is 12.1. The molecule has 1 aromatic rings. The van der Waals surface area contributed by atoms with Crippen molar-refractivity contribution in [3.63, 3.8) is 0 Å². The predicted octanol–water partition coefficient (Wildman–Crippen LogP) is 2.11. The van der Waals surface area contributed by atoms with Crippen molar-refractivity contribution >= 4 is 33.2 Å². The molecule has 1 rings (SSSR count). The van der Waals surface area contributed by atoms with Gasteiger partial charge in [0.15, 0.2) is 0 Å². The number of ether oxygens (including phenoxy) is 1. The van der Waals surface area contributed by atoms with E-state index >= 15 is 0 Å². The Kier molecular flexibility index (Phi) is 6.71. The van der Waals surface area contributed by atoms with E-state index in [1.54, 1.807) is 6.07 Å². The van der Waals surface area contributed by atoms with Crippen molar-refractivity contribution in [2.24, 2.45) is 5.73 Å². The molecule has 0 aliphatic heterocycles. The highest BCUT2D eigenvalue weighted by Crippen LogP contribution is 2.30. The van der Waals surface area contributed by atoms with Crippen LogP contribution in [-0.2, 0) is 21.3 Å². The van der Waals surface area contributed by atoms with Crippen molar-refractivity contribution in [1.82, 2.24) is 4.31 Å². The van der Waals surface area contributed by atoms with Crippen LogP contribution in [0.25, 0.3) is 0 Å². The molecule has 0 heterocycles. The summed E-state index contributed by atoms with van der Waals surface area (Å²) >= 11 is 12.0. The monoisotopic (exact) mass is 340 g/mol. The Morgan fingerprint density at radius 1 is 1.35 bits per heavy atom. The predicted molar refractivity (Wildman–Crippen MR) is 80.7 cm³/mol. The Morgan fingerprint density at radius 2 is 2.00 bits per heavy atom. The lowest BCUT2D eigenvalue weighted by molar-refractivity contribution is 0.138. The molecule has 0 fully saturated rings. The summed E-state index contributed by atoms with van der Waals surface area (Å²) in [5, 5.41) is 0.395. The minimum absolute atomic E-state index is 0.0360. The van der Waals surface area contributed by atoms with Crippen LogP contribution < -0.4 is 5.73 Å². The van der Waals surface area contributed by atoms with Gasteiger partial charge in [0.05, 0.1) is 11.6 Å². The fraction of sp³-hybridized carbons (Fsp3) is 0.500. The number of benzene rings is 1. The zero-order chi connectivity index (χ0) is 15.3. The highest BCUT2D eigenvalue weighted by atomic mass is 35.5. The summed E-state index contributed by atoms with van der Waals surface area (Å²) in [6, 6.07) is 2.89. The van der Waals surface area contributed by atoms with Crippen molar-refractivity contribution in [3.05, 3.63) is 27.7 Å². The fourth-order valence-corrected chi connectivity index (χ4v) is 3.65. The maximum Gasteiger partial charge on any atom is 0.244 e. The first-order chi connectivity index (χ1) is 9.34. The third kappa shape index (κ3) is 4.07. The van der Waals surface area contributed by atoms with Gasteiger partial charge in [0.1, 0.15) is 4.90 Å². The van der Waals surface area contributed by atoms with Gasteiger partial charge in [-0.2, -0.15) is 4.31 Å². The molecule has 0 spiro atoms. The average Bonchev–Trinajstić information content (AvgIpc) is 2.40. The molecule has 114 valence electrons. The molecule has 0 aliphatic carbocycles. The van der Waals surface area contributed by atoms with Crippen LogP contribution in [0.5, 0.6) is 0 Å². The van der Waals surface area contributed by atoms with Gasteiger partial charge in [-0.1, -0.05) is 23.2 Å². The van der Waals surface area contributed by atoms with Crippen LogP contribution in [0.1, 0.15) is 12.5 Å². The lowest BCUT2D eigenvalue weighted by Gasteiger charge is -2.19. The maximum atomic E-state index is 12.5. The van der Waals surface area contributed by atoms with Crippen LogP contribution in [-0.4, -0.2) is 39.5 Å². The molecule has 5 nitrogen and oxygen atoms in total. The van der Waals surface area contributed by atoms with E-state index in [1.807, 2.05) is 6.92 Å². The molecule has 0 radical (unpaired) electrons. The molecule has 0 aromatic heterocycles. The Hall–Kier alpha value is -0.370. The minimum Gasteiger partial charge on any atom is -0.380 e. The van der Waals surface area contributed by atoms with E-state index in [0.29, 0.717) is 18.8 Å². The van der Waals surface area contributed by atoms with Gasteiger partial charge in [0.2, 0.25) is 10.0 Å². The van der Waals surface area contributed by atoms with E-state index in [4.69, 9.17) is 33.7 Å². The van der Waals surface area contributed by atoms with Crippen molar-refractivity contribution < 1.29 is 13.2 Å². The average molecular weight is 341 g/mol. The molecule has 20 heavy (non-hydrogen) atoms. The summed E-state index contributed by atoms with van der Waals surface area (Å²) < 4.78 is 31.2. The Labute approximate surface area is 129 Å². The third-order valence-corrected chi connectivity index (χ3v) is 5.40. The lowest BCUT2D eigenvalue weighted by atomic mass is 10.2. The first-order valence-electron chi connectivity index (χ1n) is 6.06. The number of hydrogen-bond acceptors (Lipinski definition) is 4.